The van der Waals surface area contributed by atoms with Crippen molar-refractivity contribution in [2.45, 2.75) is 12.8 Å². The number of ether oxygens (including phenoxy) is 1. The summed E-state index contributed by atoms with van der Waals surface area (Å²) in [6.45, 7) is 1.19. The van der Waals surface area contributed by atoms with E-state index in [0.717, 1.165) is 26.0 Å². The van der Waals surface area contributed by atoms with Crippen molar-refractivity contribution in [3.63, 3.8) is 0 Å². The maximum absolute atomic E-state index is 7.08. The molecule has 1 heterocycles. The Bertz CT molecular complexity index is 61.4. The zero-order chi connectivity index (χ0) is 5.82. The van der Waals surface area contributed by atoms with Gasteiger partial charge < -0.3 is 4.74 Å². The first-order valence-electron chi connectivity index (χ1n) is 3.24. The summed E-state index contributed by atoms with van der Waals surface area (Å²) in [4.78, 5) is 0. The van der Waals surface area contributed by atoms with Crippen molar-refractivity contribution in [2.75, 3.05) is 19.9 Å². The maximum atomic E-state index is 7.08. The third kappa shape index (κ3) is 1.90. The molecule has 1 atom stereocenters. The molecule has 0 amide bonds. The molecule has 0 aliphatic carbocycles. The molecule has 1 aliphatic rings. The zero-order valence-electron chi connectivity index (χ0n) is 5.31. The van der Waals surface area contributed by atoms with Crippen molar-refractivity contribution >= 4 is 0 Å². The maximum Gasteiger partial charge on any atom is 0.0965 e. The van der Waals surface area contributed by atoms with Crippen molar-refractivity contribution in [2.24, 2.45) is 0 Å². The average molecular weight is 102 g/mol. The van der Waals surface area contributed by atoms with Gasteiger partial charge in [0.15, 0.2) is 0 Å². The van der Waals surface area contributed by atoms with Gasteiger partial charge in [0, 0.05) is 6.61 Å². The van der Waals surface area contributed by atoms with E-state index in [9.17, 15) is 0 Å². The first-order valence-corrected chi connectivity index (χ1v) is 2.67. The number of rotatable bonds is 0. The van der Waals surface area contributed by atoms with Crippen molar-refractivity contribution in [3.8, 4) is 0 Å². The molecule has 1 aliphatic heterocycles. The van der Waals surface area contributed by atoms with Crippen molar-refractivity contribution in [1.29, 1.82) is 0 Å². The van der Waals surface area contributed by atoms with Crippen LogP contribution in [0.5, 0.6) is 0 Å². The monoisotopic (exact) mass is 102 g/mol. The van der Waals surface area contributed by atoms with Gasteiger partial charge in [-0.25, -0.2) is 0 Å². The minimum Gasteiger partial charge on any atom is -0.366 e. The summed E-state index contributed by atoms with van der Waals surface area (Å²) < 4.78 is 12.0. The first-order chi connectivity index (χ1) is 3.89. The number of nitrogens with one attached hydrogen (secondary N) is 1. The van der Waals surface area contributed by atoms with E-state index >= 15 is 0 Å². The Labute approximate surface area is 45.3 Å². The Morgan fingerprint density at radius 1 is 1.57 bits per heavy atom. The molecule has 1 rings (SSSR count). The lowest BCUT2D eigenvalue weighted by atomic mass is 10.3. The molecule has 42 valence electrons. The van der Waals surface area contributed by atoms with Crippen molar-refractivity contribution < 1.29 is 6.11 Å². The molecule has 2 heteroatoms. The Kier molecular flexibility index (Phi) is 1.65. The van der Waals surface area contributed by atoms with E-state index in [-0.39, 0.29) is 0 Å². The Hall–Kier alpha value is -0.0800. The molecule has 0 aromatic heterocycles. The quantitative estimate of drug-likeness (QED) is 0.476. The van der Waals surface area contributed by atoms with Crippen LogP contribution in [0.3, 0.4) is 0 Å². The molecule has 0 saturated carbocycles. The largest absolute Gasteiger partial charge is 0.366 e. The third-order valence-corrected chi connectivity index (χ3v) is 1.000. The minimum absolute atomic E-state index is 0.475. The van der Waals surface area contributed by atoms with E-state index in [1.165, 1.54) is 0 Å². The molecule has 1 N–H and O–H groups in total. The van der Waals surface area contributed by atoms with E-state index in [0.29, 0.717) is 0 Å². The molecule has 2 nitrogen and oxygen atoms in total. The Balaban J connectivity index is 2.17. The van der Waals surface area contributed by atoms with Crippen molar-refractivity contribution in [1.82, 2.24) is 5.32 Å². The van der Waals surface area contributed by atoms with E-state index in [1.807, 2.05) is 0 Å². The van der Waals surface area contributed by atoms with E-state index in [4.69, 9.17) is 6.11 Å². The topological polar surface area (TPSA) is 21.3 Å². The first kappa shape index (κ1) is 3.87. The molecule has 0 radical (unpaired) electrons. The average Bonchev–Trinajstić information content (AvgIpc) is 1.94. The lowest BCUT2D eigenvalue weighted by molar-refractivity contribution is 0.132. The van der Waals surface area contributed by atoms with Crippen LogP contribution < -0.4 is 5.32 Å². The summed E-state index contributed by atoms with van der Waals surface area (Å²) in [7, 11) is 0. The minimum atomic E-state index is -0.475. The van der Waals surface area contributed by atoms with Crippen LogP contribution in [0, 0.1) is 0 Å². The van der Waals surface area contributed by atoms with Gasteiger partial charge in [0.1, 0.15) is 0 Å². The molecule has 0 aromatic carbocycles. The summed E-state index contributed by atoms with van der Waals surface area (Å²) in [5.74, 6) is 0. The number of hydrogen-bond donors (Lipinski definition) is 1. The summed E-state index contributed by atoms with van der Waals surface area (Å²) in [5.41, 5.74) is 0. The highest BCUT2D eigenvalue weighted by Crippen LogP contribution is 1.90. The number of hydrogen-bond acceptors (Lipinski definition) is 2. The van der Waals surface area contributed by atoms with Gasteiger partial charge in [-0.3, -0.25) is 5.32 Å². The highest BCUT2D eigenvalue weighted by Gasteiger charge is 1.93. The van der Waals surface area contributed by atoms with Crippen LogP contribution in [0.2, 0.25) is 0 Å². The lowest BCUT2D eigenvalue weighted by Gasteiger charge is -1.93. The lowest BCUT2D eigenvalue weighted by Crippen LogP contribution is -2.14. The van der Waals surface area contributed by atoms with Gasteiger partial charge in [-0.2, -0.15) is 0 Å². The molecule has 0 spiro atoms. The van der Waals surface area contributed by atoms with Crippen molar-refractivity contribution in [3.05, 3.63) is 0 Å². The molecule has 7 heavy (non-hydrogen) atoms. The second-order valence-corrected chi connectivity index (χ2v) is 1.65. The predicted molar refractivity (Wildman–Crippen MR) is 28.1 cm³/mol. The molecule has 1 saturated heterocycles. The van der Waals surface area contributed by atoms with Crippen LogP contribution in [-0.2, 0) is 4.74 Å². The van der Waals surface area contributed by atoms with Crippen LogP contribution in [0.25, 0.3) is 0 Å². The van der Waals surface area contributed by atoms with Gasteiger partial charge in [-0.1, -0.05) is 0 Å². The van der Waals surface area contributed by atoms with Crippen LogP contribution in [0.4, 0.5) is 0 Å². The van der Waals surface area contributed by atoms with Gasteiger partial charge in [0.2, 0.25) is 0 Å². The highest BCUT2D eigenvalue weighted by molar-refractivity contribution is 4.46. The second-order valence-electron chi connectivity index (χ2n) is 1.65. The Morgan fingerprint density at radius 2 is 2.57 bits per heavy atom. The van der Waals surface area contributed by atoms with Crippen LogP contribution in [0.15, 0.2) is 0 Å². The predicted octanol–water partition coefficient (Wildman–Crippen LogP) is 0.344. The molecule has 1 fully saturated rings. The van der Waals surface area contributed by atoms with E-state index in [1.54, 1.807) is 0 Å². The fourth-order valence-electron chi connectivity index (χ4n) is 0.589. The smallest absolute Gasteiger partial charge is 0.0965 e. The highest BCUT2D eigenvalue weighted by atomic mass is 16.5. The van der Waals surface area contributed by atoms with E-state index < -0.39 is 6.71 Å². The molecular weight excluding hydrogens is 90.1 g/mol. The van der Waals surface area contributed by atoms with Gasteiger partial charge in [-0.05, 0) is 19.4 Å². The third-order valence-electron chi connectivity index (χ3n) is 1.000. The summed E-state index contributed by atoms with van der Waals surface area (Å²) in [5, 5.41) is 2.89. The second kappa shape index (κ2) is 2.99. The van der Waals surface area contributed by atoms with Gasteiger partial charge in [0.05, 0.1) is 8.08 Å². The SMILES string of the molecule is [2H]C1NCCCCO1. The standard InChI is InChI=1S/C5H11NO/c1-2-4-7-5-6-3-1/h6H,1-5H2/i5D. The van der Waals surface area contributed by atoms with Crippen LogP contribution >= 0.6 is 0 Å². The zero-order valence-corrected chi connectivity index (χ0v) is 4.31. The molecule has 0 bridgehead atoms. The van der Waals surface area contributed by atoms with Crippen LogP contribution in [0.1, 0.15) is 14.2 Å². The van der Waals surface area contributed by atoms with Gasteiger partial charge in [0.25, 0.3) is 0 Å². The normalized spacial score (nSPS) is 36.6. The van der Waals surface area contributed by atoms with E-state index in [2.05, 4.69) is 5.32 Å². The Morgan fingerprint density at radius 3 is 3.57 bits per heavy atom. The fraction of sp³-hybridized carbons (Fsp3) is 1.00. The fourth-order valence-corrected chi connectivity index (χ4v) is 0.589. The molecule has 1 unspecified atom stereocenters. The summed E-state index contributed by atoms with van der Waals surface area (Å²) in [6, 6.07) is 0. The van der Waals surface area contributed by atoms with Crippen LogP contribution in [-0.4, -0.2) is 19.9 Å². The summed E-state index contributed by atoms with van der Waals surface area (Å²) >= 11 is 0. The summed E-state index contributed by atoms with van der Waals surface area (Å²) in [6.07, 6.45) is 2.22. The molecule has 0 aromatic rings. The van der Waals surface area contributed by atoms with Gasteiger partial charge in [-0.15, -0.1) is 0 Å². The van der Waals surface area contributed by atoms with Gasteiger partial charge >= 0.3 is 0 Å². The molecular formula is C5H11NO.